The summed E-state index contributed by atoms with van der Waals surface area (Å²) in [6.07, 6.45) is 0. The van der Waals surface area contributed by atoms with Crippen LogP contribution in [0.25, 0.3) is 33.0 Å². The highest BCUT2D eigenvalue weighted by Crippen LogP contribution is 2.48. The molecule has 20 heavy (non-hydrogen) atoms. The van der Waals surface area contributed by atoms with Crippen LogP contribution in [0.2, 0.25) is 0 Å². The van der Waals surface area contributed by atoms with Gasteiger partial charge < -0.3 is 14.7 Å². The fourth-order valence-corrected chi connectivity index (χ4v) is 3.00. The van der Waals surface area contributed by atoms with Crippen LogP contribution in [-0.2, 0) is 0 Å². The Labute approximate surface area is 116 Å². The summed E-state index contributed by atoms with van der Waals surface area (Å²) in [4.78, 5) is 0. The monoisotopic (exact) mass is 262 g/mol. The molecule has 0 atom stereocenters. The van der Waals surface area contributed by atoms with Crippen LogP contribution in [0.3, 0.4) is 0 Å². The van der Waals surface area contributed by atoms with Gasteiger partial charge >= 0.3 is 7.32 Å². The van der Waals surface area contributed by atoms with Crippen molar-refractivity contribution in [3.8, 4) is 28.0 Å². The van der Waals surface area contributed by atoms with Crippen molar-refractivity contribution < 1.29 is 14.7 Å². The normalized spacial score (nSPS) is 11.5. The van der Waals surface area contributed by atoms with Gasteiger partial charge in [0.05, 0.1) is 0 Å². The molecule has 0 spiro atoms. The van der Waals surface area contributed by atoms with E-state index in [1.54, 1.807) is 6.07 Å². The first-order valence-electron chi connectivity index (χ1n) is 6.44. The third-order valence-electron chi connectivity index (χ3n) is 3.74. The summed E-state index contributed by atoms with van der Waals surface area (Å²) in [5.74, 6) is 0.480. The zero-order valence-electron chi connectivity index (χ0n) is 10.6. The van der Waals surface area contributed by atoms with Crippen LogP contribution < -0.4 is 4.65 Å². The number of hydrogen-bond acceptors (Lipinski definition) is 3. The molecule has 0 amide bonds. The molecule has 4 heteroatoms. The lowest BCUT2D eigenvalue weighted by molar-refractivity contribution is 0.289. The SMILES string of the molecule is OB(O)Oc1ccc2c3c(cccc13)-c1ccccc1-2. The highest BCUT2D eigenvalue weighted by Gasteiger charge is 2.23. The summed E-state index contributed by atoms with van der Waals surface area (Å²) >= 11 is 0. The Morgan fingerprint density at radius 3 is 2.05 bits per heavy atom. The average Bonchev–Trinajstić information content (AvgIpc) is 2.78. The molecule has 0 bridgehead atoms. The van der Waals surface area contributed by atoms with Gasteiger partial charge in [-0.2, -0.15) is 0 Å². The molecule has 1 aliphatic rings. The molecule has 3 aromatic rings. The van der Waals surface area contributed by atoms with E-state index in [2.05, 4.69) is 18.2 Å². The van der Waals surface area contributed by atoms with Crippen molar-refractivity contribution in [1.82, 2.24) is 0 Å². The minimum absolute atomic E-state index is 0.480. The van der Waals surface area contributed by atoms with Gasteiger partial charge in [-0.05, 0) is 28.3 Å². The lowest BCUT2D eigenvalue weighted by Crippen LogP contribution is -2.20. The Hall–Kier alpha value is -2.30. The quantitative estimate of drug-likeness (QED) is 0.546. The maximum Gasteiger partial charge on any atom is 0.707 e. The summed E-state index contributed by atoms with van der Waals surface area (Å²) in [5.41, 5.74) is 4.72. The van der Waals surface area contributed by atoms with E-state index in [1.165, 1.54) is 11.1 Å². The van der Waals surface area contributed by atoms with E-state index in [0.717, 1.165) is 21.9 Å². The van der Waals surface area contributed by atoms with Crippen LogP contribution in [0.5, 0.6) is 5.75 Å². The maximum atomic E-state index is 9.03. The average molecular weight is 262 g/mol. The fourth-order valence-electron chi connectivity index (χ4n) is 3.00. The van der Waals surface area contributed by atoms with E-state index in [-0.39, 0.29) is 0 Å². The molecule has 3 nitrogen and oxygen atoms in total. The van der Waals surface area contributed by atoms with Gasteiger partial charge in [0.1, 0.15) is 5.75 Å². The van der Waals surface area contributed by atoms with E-state index in [9.17, 15) is 0 Å². The Morgan fingerprint density at radius 1 is 0.700 bits per heavy atom. The first kappa shape index (κ1) is 11.5. The van der Waals surface area contributed by atoms with Crippen LogP contribution in [-0.4, -0.2) is 17.4 Å². The van der Waals surface area contributed by atoms with Gasteiger partial charge in [0.15, 0.2) is 0 Å². The van der Waals surface area contributed by atoms with E-state index in [0.29, 0.717) is 5.75 Å². The number of hydrogen-bond donors (Lipinski definition) is 2. The minimum atomic E-state index is -1.81. The highest BCUT2D eigenvalue weighted by molar-refractivity contribution is 6.34. The lowest BCUT2D eigenvalue weighted by atomic mass is 10.0. The van der Waals surface area contributed by atoms with Gasteiger partial charge in [-0.1, -0.05) is 48.5 Å². The second-order valence-corrected chi connectivity index (χ2v) is 4.83. The number of fused-ring (bicyclic) bond motifs is 3. The van der Waals surface area contributed by atoms with Crippen molar-refractivity contribution in [3.05, 3.63) is 54.6 Å². The first-order chi connectivity index (χ1) is 9.75. The predicted octanol–water partition coefficient (Wildman–Crippen LogP) is 2.84. The molecule has 0 saturated carbocycles. The van der Waals surface area contributed by atoms with Crippen LogP contribution in [0.4, 0.5) is 0 Å². The molecular formula is C16H11BO3. The van der Waals surface area contributed by atoms with E-state index in [1.807, 2.05) is 30.3 Å². The second-order valence-electron chi connectivity index (χ2n) is 4.83. The second kappa shape index (κ2) is 4.10. The largest absolute Gasteiger partial charge is 0.707 e. The third-order valence-corrected chi connectivity index (χ3v) is 3.74. The fraction of sp³-hybridized carbons (Fsp3) is 0. The van der Waals surface area contributed by atoms with Crippen LogP contribution in [0.15, 0.2) is 54.6 Å². The molecule has 3 aromatic carbocycles. The summed E-state index contributed by atoms with van der Waals surface area (Å²) in [5, 5.41) is 20.0. The zero-order chi connectivity index (χ0) is 13.7. The molecule has 0 unspecified atom stereocenters. The Kier molecular flexibility index (Phi) is 2.36. The van der Waals surface area contributed by atoms with E-state index < -0.39 is 7.32 Å². The van der Waals surface area contributed by atoms with Crippen molar-refractivity contribution >= 4 is 18.1 Å². The molecule has 0 radical (unpaired) electrons. The highest BCUT2D eigenvalue weighted by atomic mass is 16.6. The molecule has 4 rings (SSSR count). The van der Waals surface area contributed by atoms with Crippen molar-refractivity contribution in [2.24, 2.45) is 0 Å². The standard InChI is InChI=1S/C16H11BO3/c18-17(19)20-15-9-8-13-11-5-2-1-4-10(11)12-6-3-7-14(15)16(12)13/h1-9,18-19H. The van der Waals surface area contributed by atoms with Gasteiger partial charge in [-0.15, -0.1) is 0 Å². The number of rotatable bonds is 2. The van der Waals surface area contributed by atoms with E-state index in [4.69, 9.17) is 14.7 Å². The lowest BCUT2D eigenvalue weighted by Gasteiger charge is -2.10. The summed E-state index contributed by atoms with van der Waals surface area (Å²) < 4.78 is 5.08. The molecule has 2 N–H and O–H groups in total. The minimum Gasteiger partial charge on any atom is -0.512 e. The smallest absolute Gasteiger partial charge is 0.512 e. The molecule has 1 aliphatic carbocycles. The molecular weight excluding hydrogens is 251 g/mol. The van der Waals surface area contributed by atoms with Crippen molar-refractivity contribution in [3.63, 3.8) is 0 Å². The maximum absolute atomic E-state index is 9.03. The van der Waals surface area contributed by atoms with Crippen molar-refractivity contribution in [2.45, 2.75) is 0 Å². The van der Waals surface area contributed by atoms with Crippen LogP contribution in [0.1, 0.15) is 0 Å². The van der Waals surface area contributed by atoms with Crippen LogP contribution >= 0.6 is 0 Å². The molecule has 0 saturated heterocycles. The Balaban J connectivity index is 2.07. The van der Waals surface area contributed by atoms with Crippen molar-refractivity contribution in [1.29, 1.82) is 0 Å². The van der Waals surface area contributed by atoms with Crippen LogP contribution in [0, 0.1) is 0 Å². The summed E-state index contributed by atoms with van der Waals surface area (Å²) in [6.45, 7) is 0. The topological polar surface area (TPSA) is 49.7 Å². The van der Waals surface area contributed by atoms with Gasteiger partial charge in [-0.3, -0.25) is 0 Å². The van der Waals surface area contributed by atoms with E-state index >= 15 is 0 Å². The van der Waals surface area contributed by atoms with Gasteiger partial charge in [0.25, 0.3) is 0 Å². The molecule has 0 fully saturated rings. The van der Waals surface area contributed by atoms with Gasteiger partial charge in [-0.25, -0.2) is 0 Å². The third kappa shape index (κ3) is 1.49. The summed E-state index contributed by atoms with van der Waals surface area (Å²) in [6, 6.07) is 18.0. The Bertz CT molecular complexity index is 798. The number of benzene rings is 3. The van der Waals surface area contributed by atoms with Crippen molar-refractivity contribution in [2.75, 3.05) is 0 Å². The predicted molar refractivity (Wildman–Crippen MR) is 79.2 cm³/mol. The molecule has 0 heterocycles. The Morgan fingerprint density at radius 2 is 1.35 bits per heavy atom. The molecule has 0 aliphatic heterocycles. The summed E-state index contributed by atoms with van der Waals surface area (Å²) in [7, 11) is -1.81. The molecule has 96 valence electrons. The zero-order valence-corrected chi connectivity index (χ0v) is 10.6. The molecule has 0 aromatic heterocycles. The van der Waals surface area contributed by atoms with Gasteiger partial charge in [0.2, 0.25) is 0 Å². The first-order valence-corrected chi connectivity index (χ1v) is 6.44. The van der Waals surface area contributed by atoms with Gasteiger partial charge in [0, 0.05) is 10.8 Å².